The standard InChI is InChI=1S/C36H31NS/c1-3-11-24(12-4-1)26-21-27(25-13-5-2-6-14-25)23-28(22-26)37-32-17-9-7-16-31(32)35-33(37)20-19-30-29-15-8-10-18-34(29)38-36(30)35/h1-5,7-9,11-12,15-17,19-23,25,29,34H,6,10,13-14,18H2. The van der Waals surface area contributed by atoms with Gasteiger partial charge in [0, 0.05) is 32.5 Å². The first-order valence-corrected chi connectivity index (χ1v) is 15.0. The summed E-state index contributed by atoms with van der Waals surface area (Å²) in [4.78, 5) is 1.51. The van der Waals surface area contributed by atoms with Crippen LogP contribution in [-0.4, -0.2) is 9.82 Å². The van der Waals surface area contributed by atoms with Gasteiger partial charge >= 0.3 is 0 Å². The first kappa shape index (κ1) is 22.5. The molecule has 0 bridgehead atoms. The Morgan fingerprint density at radius 3 is 2.47 bits per heavy atom. The van der Waals surface area contributed by atoms with Crippen LogP contribution in [0.5, 0.6) is 0 Å². The Morgan fingerprint density at radius 2 is 1.58 bits per heavy atom. The third-order valence-corrected chi connectivity index (χ3v) is 10.4. The fraction of sp³-hybridized carbons (Fsp3) is 0.222. The van der Waals surface area contributed by atoms with Crippen LogP contribution < -0.4 is 0 Å². The van der Waals surface area contributed by atoms with Crippen molar-refractivity contribution in [3.63, 3.8) is 0 Å². The molecular formula is C36H31NS. The second kappa shape index (κ2) is 9.06. The summed E-state index contributed by atoms with van der Waals surface area (Å²) in [6.45, 7) is 0. The van der Waals surface area contributed by atoms with Gasteiger partial charge in [-0.3, -0.25) is 0 Å². The topological polar surface area (TPSA) is 4.93 Å². The second-order valence-electron chi connectivity index (χ2n) is 11.1. The van der Waals surface area contributed by atoms with E-state index in [-0.39, 0.29) is 0 Å². The number of allylic oxidation sites excluding steroid dienone is 4. The zero-order chi connectivity index (χ0) is 25.1. The maximum absolute atomic E-state index is 2.54. The highest BCUT2D eigenvalue weighted by molar-refractivity contribution is 8.00. The molecule has 0 fully saturated rings. The largest absolute Gasteiger partial charge is 0.309 e. The van der Waals surface area contributed by atoms with Crippen LogP contribution in [0.25, 0.3) is 38.6 Å². The summed E-state index contributed by atoms with van der Waals surface area (Å²) < 4.78 is 2.54. The van der Waals surface area contributed by atoms with Gasteiger partial charge in [-0.2, -0.15) is 0 Å². The van der Waals surface area contributed by atoms with Gasteiger partial charge in [0.2, 0.25) is 0 Å². The molecule has 0 saturated carbocycles. The summed E-state index contributed by atoms with van der Waals surface area (Å²) in [6.07, 6.45) is 15.6. The first-order chi connectivity index (χ1) is 18.8. The smallest absolute Gasteiger partial charge is 0.0552 e. The van der Waals surface area contributed by atoms with Crippen LogP contribution in [0.1, 0.15) is 55.1 Å². The molecule has 3 atom stereocenters. The van der Waals surface area contributed by atoms with Crippen molar-refractivity contribution in [2.75, 3.05) is 0 Å². The van der Waals surface area contributed by atoms with Crippen LogP contribution in [0.15, 0.2) is 114 Å². The minimum absolute atomic E-state index is 0.558. The number of para-hydroxylation sites is 1. The van der Waals surface area contributed by atoms with Crippen LogP contribution in [0, 0.1) is 0 Å². The molecule has 4 aromatic carbocycles. The van der Waals surface area contributed by atoms with Crippen molar-refractivity contribution < 1.29 is 0 Å². The normalized spacial score (nSPS) is 22.2. The number of thioether (sulfide) groups is 1. The number of nitrogens with zero attached hydrogens (tertiary/aromatic N) is 1. The molecule has 2 aliphatic carbocycles. The lowest BCUT2D eigenvalue weighted by Crippen LogP contribution is -2.10. The molecule has 2 heteroatoms. The van der Waals surface area contributed by atoms with Gasteiger partial charge in [0.25, 0.3) is 0 Å². The maximum Gasteiger partial charge on any atom is 0.0552 e. The van der Waals surface area contributed by atoms with Gasteiger partial charge in [0.05, 0.1) is 11.0 Å². The lowest BCUT2D eigenvalue weighted by atomic mass is 9.86. The lowest BCUT2D eigenvalue weighted by molar-refractivity contribution is 0.617. The number of hydrogen-bond acceptors (Lipinski definition) is 1. The third-order valence-electron chi connectivity index (χ3n) is 8.86. The molecule has 0 radical (unpaired) electrons. The summed E-state index contributed by atoms with van der Waals surface area (Å²) in [6, 6.07) is 32.1. The zero-order valence-electron chi connectivity index (χ0n) is 21.5. The molecular weight excluding hydrogens is 478 g/mol. The molecule has 1 nitrogen and oxygen atoms in total. The molecule has 8 rings (SSSR count). The molecule has 2 heterocycles. The summed E-state index contributed by atoms with van der Waals surface area (Å²) in [5.41, 5.74) is 9.51. The van der Waals surface area contributed by atoms with E-state index in [2.05, 4.69) is 126 Å². The molecule has 186 valence electrons. The average molecular weight is 510 g/mol. The average Bonchev–Trinajstić information content (AvgIpc) is 3.53. The van der Waals surface area contributed by atoms with E-state index in [4.69, 9.17) is 0 Å². The van der Waals surface area contributed by atoms with Crippen LogP contribution in [0.2, 0.25) is 0 Å². The highest BCUT2D eigenvalue weighted by Crippen LogP contribution is 2.54. The van der Waals surface area contributed by atoms with Crippen molar-refractivity contribution in [3.05, 3.63) is 120 Å². The molecule has 1 aliphatic heterocycles. The Bertz CT molecular complexity index is 1740. The van der Waals surface area contributed by atoms with Crippen LogP contribution >= 0.6 is 11.8 Å². The molecule has 0 saturated heterocycles. The van der Waals surface area contributed by atoms with E-state index < -0.39 is 0 Å². The quantitative estimate of drug-likeness (QED) is 0.219. The number of fused-ring (bicyclic) bond motifs is 7. The van der Waals surface area contributed by atoms with Crippen molar-refractivity contribution >= 4 is 33.6 Å². The van der Waals surface area contributed by atoms with E-state index in [1.807, 2.05) is 0 Å². The predicted molar refractivity (Wildman–Crippen MR) is 163 cm³/mol. The van der Waals surface area contributed by atoms with E-state index in [0.717, 1.165) is 6.42 Å². The van der Waals surface area contributed by atoms with Gasteiger partial charge in [-0.15, -0.1) is 11.8 Å². The Kier molecular flexibility index (Phi) is 5.36. The Hall–Kier alpha value is -3.49. The third kappa shape index (κ3) is 3.54. The summed E-state index contributed by atoms with van der Waals surface area (Å²) in [7, 11) is 0. The summed E-state index contributed by atoms with van der Waals surface area (Å²) >= 11 is 2.13. The van der Waals surface area contributed by atoms with Crippen LogP contribution in [0.3, 0.4) is 0 Å². The molecule has 0 N–H and O–H groups in total. The zero-order valence-corrected chi connectivity index (χ0v) is 22.3. The maximum atomic E-state index is 2.54. The Labute approximate surface area is 228 Å². The van der Waals surface area contributed by atoms with Gasteiger partial charge in [-0.05, 0) is 84.5 Å². The number of aromatic nitrogens is 1. The molecule has 0 spiro atoms. The number of hydrogen-bond donors (Lipinski definition) is 0. The Balaban J connectivity index is 1.39. The van der Waals surface area contributed by atoms with Gasteiger partial charge < -0.3 is 4.57 Å². The van der Waals surface area contributed by atoms with Crippen LogP contribution in [0.4, 0.5) is 0 Å². The number of rotatable bonds is 3. The van der Waals surface area contributed by atoms with Crippen molar-refractivity contribution in [1.29, 1.82) is 0 Å². The van der Waals surface area contributed by atoms with E-state index in [1.54, 1.807) is 0 Å². The fourth-order valence-corrected chi connectivity index (χ4v) is 8.61. The molecule has 0 amide bonds. The van der Waals surface area contributed by atoms with Crippen molar-refractivity contribution in [3.8, 4) is 16.8 Å². The van der Waals surface area contributed by atoms with Gasteiger partial charge in [0.1, 0.15) is 0 Å². The van der Waals surface area contributed by atoms with E-state index >= 15 is 0 Å². The second-order valence-corrected chi connectivity index (χ2v) is 12.3. The molecule has 5 aromatic rings. The summed E-state index contributed by atoms with van der Waals surface area (Å²) in [5, 5.41) is 3.50. The molecule has 1 aromatic heterocycles. The lowest BCUT2D eigenvalue weighted by Gasteiger charge is -2.21. The predicted octanol–water partition coefficient (Wildman–Crippen LogP) is 10.2. The number of benzene rings is 4. The van der Waals surface area contributed by atoms with Crippen LogP contribution in [-0.2, 0) is 0 Å². The van der Waals surface area contributed by atoms with Gasteiger partial charge in [-0.25, -0.2) is 0 Å². The van der Waals surface area contributed by atoms with Gasteiger partial charge in [0.15, 0.2) is 0 Å². The minimum Gasteiger partial charge on any atom is -0.309 e. The molecule has 38 heavy (non-hydrogen) atoms. The summed E-state index contributed by atoms with van der Waals surface area (Å²) in [5.74, 6) is 1.13. The highest BCUT2D eigenvalue weighted by atomic mass is 32.2. The van der Waals surface area contributed by atoms with E-state index in [0.29, 0.717) is 17.1 Å². The Morgan fingerprint density at radius 1 is 0.711 bits per heavy atom. The monoisotopic (exact) mass is 509 g/mol. The first-order valence-electron chi connectivity index (χ1n) is 14.1. The van der Waals surface area contributed by atoms with Gasteiger partial charge in [-0.1, -0.05) is 85.0 Å². The fourth-order valence-electron chi connectivity index (χ4n) is 7.00. The SMILES string of the molecule is C1=CCC(c2cc(-c3ccccc3)cc(-n3c4ccccc4c4c5c(ccc43)C3C=CCCC3S5)c2)CC1. The minimum atomic E-state index is 0.558. The van der Waals surface area contributed by atoms with Crippen molar-refractivity contribution in [2.24, 2.45) is 0 Å². The van der Waals surface area contributed by atoms with Crippen molar-refractivity contribution in [1.82, 2.24) is 4.57 Å². The molecule has 3 unspecified atom stereocenters. The van der Waals surface area contributed by atoms with E-state index in [1.165, 1.54) is 80.3 Å². The van der Waals surface area contributed by atoms with E-state index in [9.17, 15) is 0 Å². The molecule has 3 aliphatic rings. The highest BCUT2D eigenvalue weighted by Gasteiger charge is 2.35. The van der Waals surface area contributed by atoms with Crippen molar-refractivity contribution in [2.45, 2.75) is 54.1 Å².